The number of ether oxygens (including phenoxy) is 1. The number of methoxy groups -OCH3 is 1. The van der Waals surface area contributed by atoms with Gasteiger partial charge in [0.2, 0.25) is 5.82 Å². The van der Waals surface area contributed by atoms with E-state index in [9.17, 15) is 0 Å². The first-order valence-corrected chi connectivity index (χ1v) is 5.61. The first-order chi connectivity index (χ1) is 8.62. The SMILES string of the molecule is CCC(C)(OC)c1noc(-c2c[nH]c(C#N)c2)n1. The van der Waals surface area contributed by atoms with Crippen molar-refractivity contribution in [3.8, 4) is 17.5 Å². The number of aromatic amines is 1. The normalized spacial score (nSPS) is 14.1. The Balaban J connectivity index is 2.33. The van der Waals surface area contributed by atoms with Gasteiger partial charge in [-0.3, -0.25) is 0 Å². The van der Waals surface area contributed by atoms with Crippen molar-refractivity contribution in [3.63, 3.8) is 0 Å². The van der Waals surface area contributed by atoms with Gasteiger partial charge in [-0.2, -0.15) is 10.2 Å². The van der Waals surface area contributed by atoms with Crippen LogP contribution in [0.3, 0.4) is 0 Å². The molecular weight excluding hydrogens is 232 g/mol. The summed E-state index contributed by atoms with van der Waals surface area (Å²) in [6.45, 7) is 3.89. The summed E-state index contributed by atoms with van der Waals surface area (Å²) in [6, 6.07) is 3.67. The van der Waals surface area contributed by atoms with Gasteiger partial charge in [0.15, 0.2) is 0 Å². The van der Waals surface area contributed by atoms with Crippen LogP contribution in [0.15, 0.2) is 16.8 Å². The van der Waals surface area contributed by atoms with Crippen LogP contribution in [0.4, 0.5) is 0 Å². The number of nitriles is 1. The average molecular weight is 246 g/mol. The molecule has 94 valence electrons. The van der Waals surface area contributed by atoms with Gasteiger partial charge in [-0.25, -0.2) is 0 Å². The second-order valence-electron chi connectivity index (χ2n) is 4.13. The molecule has 6 nitrogen and oxygen atoms in total. The average Bonchev–Trinajstić information content (AvgIpc) is 3.05. The minimum atomic E-state index is -0.559. The molecule has 2 aromatic rings. The Kier molecular flexibility index (Phi) is 3.17. The van der Waals surface area contributed by atoms with E-state index in [1.165, 1.54) is 0 Å². The number of rotatable bonds is 4. The number of hydrogen-bond acceptors (Lipinski definition) is 5. The highest BCUT2D eigenvalue weighted by atomic mass is 16.5. The van der Waals surface area contributed by atoms with Gasteiger partial charge in [0.25, 0.3) is 5.89 Å². The quantitative estimate of drug-likeness (QED) is 0.893. The summed E-state index contributed by atoms with van der Waals surface area (Å²) < 4.78 is 10.6. The largest absolute Gasteiger partial charge is 0.370 e. The minimum absolute atomic E-state index is 0.375. The molecule has 0 saturated heterocycles. The molecule has 18 heavy (non-hydrogen) atoms. The predicted molar refractivity (Wildman–Crippen MR) is 63.5 cm³/mol. The zero-order valence-electron chi connectivity index (χ0n) is 10.5. The van der Waals surface area contributed by atoms with Crippen LogP contribution in [-0.4, -0.2) is 22.2 Å². The Morgan fingerprint density at radius 2 is 2.39 bits per heavy atom. The third-order valence-corrected chi connectivity index (χ3v) is 3.07. The van der Waals surface area contributed by atoms with Gasteiger partial charge >= 0.3 is 0 Å². The van der Waals surface area contributed by atoms with Crippen molar-refractivity contribution < 1.29 is 9.26 Å². The number of hydrogen-bond donors (Lipinski definition) is 1. The van der Waals surface area contributed by atoms with Crippen molar-refractivity contribution >= 4 is 0 Å². The first-order valence-electron chi connectivity index (χ1n) is 5.61. The van der Waals surface area contributed by atoms with Gasteiger partial charge in [-0.05, 0) is 19.4 Å². The second kappa shape index (κ2) is 4.63. The molecule has 0 fully saturated rings. The summed E-state index contributed by atoms with van der Waals surface area (Å²) in [5, 5.41) is 12.7. The maximum absolute atomic E-state index is 8.74. The maximum atomic E-state index is 8.74. The summed E-state index contributed by atoms with van der Waals surface area (Å²) in [6.07, 6.45) is 2.39. The molecule has 2 aromatic heterocycles. The van der Waals surface area contributed by atoms with Crippen molar-refractivity contribution in [3.05, 3.63) is 23.8 Å². The Hall–Kier alpha value is -2.13. The minimum Gasteiger partial charge on any atom is -0.370 e. The van der Waals surface area contributed by atoms with E-state index in [1.807, 2.05) is 19.9 Å². The van der Waals surface area contributed by atoms with E-state index >= 15 is 0 Å². The van der Waals surface area contributed by atoms with Crippen molar-refractivity contribution in [2.45, 2.75) is 25.9 Å². The van der Waals surface area contributed by atoms with E-state index in [2.05, 4.69) is 15.1 Å². The molecular formula is C12H14N4O2. The van der Waals surface area contributed by atoms with E-state index < -0.39 is 5.60 Å². The standard InChI is InChI=1S/C12H14N4O2/c1-4-12(2,17-3)11-15-10(18-16-11)8-5-9(6-13)14-7-8/h5,7,14H,4H2,1-3H3. The molecule has 1 atom stereocenters. The van der Waals surface area contributed by atoms with Crippen LogP contribution >= 0.6 is 0 Å². The lowest BCUT2D eigenvalue weighted by atomic mass is 10.0. The summed E-state index contributed by atoms with van der Waals surface area (Å²) in [7, 11) is 1.61. The van der Waals surface area contributed by atoms with Crippen LogP contribution < -0.4 is 0 Å². The van der Waals surface area contributed by atoms with Crippen LogP contribution in [0.25, 0.3) is 11.5 Å². The van der Waals surface area contributed by atoms with Crippen molar-refractivity contribution in [1.82, 2.24) is 15.1 Å². The second-order valence-corrected chi connectivity index (χ2v) is 4.13. The summed E-state index contributed by atoms with van der Waals surface area (Å²) in [5.41, 5.74) is 0.588. The number of nitrogens with one attached hydrogen (secondary N) is 1. The van der Waals surface area contributed by atoms with Crippen LogP contribution in [-0.2, 0) is 10.3 Å². The topological polar surface area (TPSA) is 87.7 Å². The van der Waals surface area contributed by atoms with Crippen LogP contribution in [0, 0.1) is 11.3 Å². The fraction of sp³-hybridized carbons (Fsp3) is 0.417. The monoisotopic (exact) mass is 246 g/mol. The Morgan fingerprint density at radius 1 is 1.61 bits per heavy atom. The van der Waals surface area contributed by atoms with E-state index in [0.717, 1.165) is 6.42 Å². The van der Waals surface area contributed by atoms with Crippen molar-refractivity contribution in [2.75, 3.05) is 7.11 Å². The highest BCUT2D eigenvalue weighted by molar-refractivity contribution is 5.54. The molecule has 1 N–H and O–H groups in total. The molecule has 0 bridgehead atoms. The van der Waals surface area contributed by atoms with Gasteiger partial charge < -0.3 is 14.2 Å². The fourth-order valence-corrected chi connectivity index (χ4v) is 1.53. The Labute approximate surface area is 105 Å². The molecule has 0 spiro atoms. The van der Waals surface area contributed by atoms with E-state index in [1.54, 1.807) is 19.4 Å². The molecule has 0 aliphatic rings. The molecule has 0 aliphatic heterocycles. The number of H-pyrrole nitrogens is 1. The summed E-state index contributed by atoms with van der Waals surface area (Å²) in [4.78, 5) is 7.12. The summed E-state index contributed by atoms with van der Waals surface area (Å²) >= 11 is 0. The third-order valence-electron chi connectivity index (χ3n) is 3.07. The molecule has 0 aromatic carbocycles. The third kappa shape index (κ3) is 2.00. The highest BCUT2D eigenvalue weighted by Crippen LogP contribution is 2.28. The van der Waals surface area contributed by atoms with Crippen LogP contribution in [0.1, 0.15) is 31.8 Å². The fourth-order valence-electron chi connectivity index (χ4n) is 1.53. The molecule has 0 amide bonds. The molecule has 2 rings (SSSR count). The number of aromatic nitrogens is 3. The zero-order chi connectivity index (χ0) is 13.2. The van der Waals surface area contributed by atoms with Gasteiger partial charge in [-0.15, -0.1) is 0 Å². The van der Waals surface area contributed by atoms with Gasteiger partial charge in [0.1, 0.15) is 17.4 Å². The lowest BCUT2D eigenvalue weighted by Crippen LogP contribution is -2.24. The van der Waals surface area contributed by atoms with Gasteiger partial charge in [-0.1, -0.05) is 12.1 Å². The molecule has 0 radical (unpaired) electrons. The molecule has 2 heterocycles. The predicted octanol–water partition coefficient (Wildman–Crippen LogP) is 2.21. The smallest absolute Gasteiger partial charge is 0.259 e. The van der Waals surface area contributed by atoms with Crippen LogP contribution in [0.2, 0.25) is 0 Å². The molecule has 6 heteroatoms. The Bertz CT molecular complexity index is 575. The summed E-state index contributed by atoms with van der Waals surface area (Å²) in [5.74, 6) is 0.877. The van der Waals surface area contributed by atoms with E-state index in [4.69, 9.17) is 14.5 Å². The lowest BCUT2D eigenvalue weighted by Gasteiger charge is -2.21. The first kappa shape index (κ1) is 12.3. The molecule has 0 aliphatic carbocycles. The lowest BCUT2D eigenvalue weighted by molar-refractivity contribution is -0.0106. The molecule has 1 unspecified atom stereocenters. The highest BCUT2D eigenvalue weighted by Gasteiger charge is 2.30. The Morgan fingerprint density at radius 3 is 2.94 bits per heavy atom. The van der Waals surface area contributed by atoms with Crippen molar-refractivity contribution in [2.24, 2.45) is 0 Å². The van der Waals surface area contributed by atoms with E-state index in [-0.39, 0.29) is 0 Å². The molecule has 0 saturated carbocycles. The van der Waals surface area contributed by atoms with Crippen LogP contribution in [0.5, 0.6) is 0 Å². The van der Waals surface area contributed by atoms with Gasteiger partial charge in [0, 0.05) is 13.3 Å². The van der Waals surface area contributed by atoms with E-state index in [0.29, 0.717) is 23.0 Å². The van der Waals surface area contributed by atoms with Gasteiger partial charge in [0.05, 0.1) is 5.56 Å². The zero-order valence-corrected chi connectivity index (χ0v) is 10.5. The van der Waals surface area contributed by atoms with Crippen molar-refractivity contribution in [1.29, 1.82) is 5.26 Å². The maximum Gasteiger partial charge on any atom is 0.259 e. The number of nitrogens with zero attached hydrogens (tertiary/aromatic N) is 3.